The first-order chi connectivity index (χ1) is 12.5. The van der Waals surface area contributed by atoms with Crippen molar-refractivity contribution in [2.75, 3.05) is 0 Å². The number of carbonyl (C=O) groups is 1. The molecule has 0 saturated carbocycles. The molecule has 3 rings (SSSR count). The highest BCUT2D eigenvalue weighted by Crippen LogP contribution is 2.40. The van der Waals surface area contributed by atoms with Crippen LogP contribution in [0, 0.1) is 0 Å². The largest absolute Gasteiger partial charge is 0.493 e. The highest BCUT2D eigenvalue weighted by Gasteiger charge is 2.19. The number of amides is 1. The Morgan fingerprint density at radius 2 is 1.96 bits per heavy atom. The van der Waals surface area contributed by atoms with Crippen LogP contribution in [0.15, 0.2) is 63.2 Å². The van der Waals surface area contributed by atoms with Gasteiger partial charge in [-0.2, -0.15) is 0 Å². The summed E-state index contributed by atoms with van der Waals surface area (Å²) in [4.78, 5) is 12.2. The van der Waals surface area contributed by atoms with Gasteiger partial charge in [-0.05, 0) is 30.2 Å². The number of nitrogens with zero attached hydrogens (tertiary/aromatic N) is 3. The van der Waals surface area contributed by atoms with Gasteiger partial charge in [0.25, 0.3) is 5.91 Å². The van der Waals surface area contributed by atoms with Gasteiger partial charge in [0.05, 0.1) is 5.52 Å². The smallest absolute Gasteiger partial charge is 0.297 e. The zero-order chi connectivity index (χ0) is 18.7. The van der Waals surface area contributed by atoms with Gasteiger partial charge in [-0.1, -0.05) is 53.2 Å². The Balaban J connectivity index is 1.97. The number of hydrogen-bond donors (Lipinski definition) is 2. The van der Waals surface area contributed by atoms with E-state index in [0.29, 0.717) is 17.5 Å². The van der Waals surface area contributed by atoms with Crippen LogP contribution in [0.25, 0.3) is 10.9 Å². The van der Waals surface area contributed by atoms with E-state index in [1.54, 1.807) is 34.9 Å². The first-order valence-electron chi connectivity index (χ1n) is 8.22. The minimum Gasteiger partial charge on any atom is -0.493 e. The Morgan fingerprint density at radius 1 is 1.23 bits per heavy atom. The molecule has 0 radical (unpaired) electrons. The third kappa shape index (κ3) is 3.54. The van der Waals surface area contributed by atoms with Crippen LogP contribution in [0.5, 0.6) is 5.88 Å². The molecule has 0 aliphatic carbocycles. The number of aryl methyl sites for hydroxylation is 1. The summed E-state index contributed by atoms with van der Waals surface area (Å²) in [5.41, 5.74) is 1.46. The Labute approximate surface area is 158 Å². The molecule has 0 saturated heterocycles. The van der Waals surface area contributed by atoms with Gasteiger partial charge in [0, 0.05) is 16.4 Å². The van der Waals surface area contributed by atoms with Crippen molar-refractivity contribution in [1.29, 1.82) is 0 Å². The van der Waals surface area contributed by atoms with Crippen LogP contribution in [0.4, 0.5) is 5.69 Å². The van der Waals surface area contributed by atoms with E-state index in [2.05, 4.69) is 26.2 Å². The van der Waals surface area contributed by atoms with Crippen LogP contribution in [-0.2, 0) is 11.3 Å². The Bertz CT molecular complexity index is 967. The van der Waals surface area contributed by atoms with Crippen molar-refractivity contribution in [1.82, 2.24) is 4.57 Å². The lowest BCUT2D eigenvalue weighted by atomic mass is 10.1. The summed E-state index contributed by atoms with van der Waals surface area (Å²) in [7, 11) is 0. The maximum absolute atomic E-state index is 12.2. The predicted molar refractivity (Wildman–Crippen MR) is 103 cm³/mol. The molecule has 0 bridgehead atoms. The molecule has 134 valence electrons. The molecule has 0 fully saturated rings. The second-order valence-corrected chi connectivity index (χ2v) is 6.75. The van der Waals surface area contributed by atoms with E-state index >= 15 is 0 Å². The predicted octanol–water partition coefficient (Wildman–Crippen LogP) is 4.86. The topological polar surface area (TPSA) is 87.2 Å². The van der Waals surface area contributed by atoms with Gasteiger partial charge in [0.1, 0.15) is 0 Å². The fraction of sp³-hybridized carbons (Fsp3) is 0.211. The molecule has 3 aromatic rings. The molecule has 2 N–H and O–H groups in total. The summed E-state index contributed by atoms with van der Waals surface area (Å²) in [5, 5.41) is 28.9. The van der Waals surface area contributed by atoms with E-state index in [1.165, 1.54) is 0 Å². The van der Waals surface area contributed by atoms with Gasteiger partial charge in [0.2, 0.25) is 5.88 Å². The van der Waals surface area contributed by atoms with Gasteiger partial charge >= 0.3 is 0 Å². The molecule has 6 nitrogen and oxygen atoms in total. The highest BCUT2D eigenvalue weighted by atomic mass is 79.9. The van der Waals surface area contributed by atoms with E-state index in [0.717, 1.165) is 16.4 Å². The van der Waals surface area contributed by atoms with Gasteiger partial charge in [0.15, 0.2) is 11.8 Å². The number of rotatable bonds is 5. The second kappa shape index (κ2) is 7.80. The van der Waals surface area contributed by atoms with E-state index in [1.807, 2.05) is 25.1 Å². The van der Waals surface area contributed by atoms with Gasteiger partial charge in [-0.3, -0.25) is 4.79 Å². The maximum Gasteiger partial charge on any atom is 0.297 e. The quantitative estimate of drug-likeness (QED) is 0.582. The molecule has 0 aliphatic heterocycles. The van der Waals surface area contributed by atoms with E-state index in [9.17, 15) is 15.0 Å². The number of hydrogen-bond acceptors (Lipinski definition) is 4. The number of fused-ring (bicyclic) bond motifs is 1. The zero-order valence-corrected chi connectivity index (χ0v) is 15.7. The summed E-state index contributed by atoms with van der Waals surface area (Å²) in [6, 6.07) is 14.1. The first kappa shape index (κ1) is 18.3. The monoisotopic (exact) mass is 415 g/mol. The molecular formula is C19H18BrN3O3. The zero-order valence-electron chi connectivity index (χ0n) is 14.1. The molecule has 0 aliphatic rings. The Hall–Kier alpha value is -2.51. The van der Waals surface area contributed by atoms with Crippen LogP contribution < -0.4 is 0 Å². The fourth-order valence-corrected chi connectivity index (χ4v) is 3.14. The van der Waals surface area contributed by atoms with Crippen molar-refractivity contribution >= 4 is 38.4 Å². The van der Waals surface area contributed by atoms with Crippen LogP contribution in [0.1, 0.15) is 25.0 Å². The van der Waals surface area contributed by atoms with Crippen molar-refractivity contribution < 1.29 is 15.0 Å². The lowest BCUT2D eigenvalue weighted by molar-refractivity contribution is -0.126. The minimum absolute atomic E-state index is 0.0503. The maximum atomic E-state index is 12.2. The van der Waals surface area contributed by atoms with Crippen LogP contribution in [-0.4, -0.2) is 20.7 Å². The standard InChI is InChI=1S/C19H18BrN3O3/c1-2-10-23-15-9-8-13(20)11-14(15)16(19(23)26)21-22-18(25)17(24)12-6-4-3-5-7-12/h3-9,11,17,24,26H,2,10H2,1H3/t17-/m0/s1. The summed E-state index contributed by atoms with van der Waals surface area (Å²) < 4.78 is 2.56. The highest BCUT2D eigenvalue weighted by molar-refractivity contribution is 9.10. The number of azo groups is 1. The van der Waals surface area contributed by atoms with Crippen molar-refractivity contribution in [3.8, 4) is 5.88 Å². The summed E-state index contributed by atoms with van der Waals surface area (Å²) in [5.74, 6) is -0.840. The second-order valence-electron chi connectivity index (χ2n) is 5.84. The SMILES string of the molecule is CCCn1c(O)c(N=NC(=O)[C@@H](O)c2ccccc2)c2cc(Br)ccc21. The summed E-state index contributed by atoms with van der Waals surface area (Å²) in [6.07, 6.45) is -0.562. The van der Waals surface area contributed by atoms with E-state index < -0.39 is 12.0 Å². The molecule has 0 spiro atoms. The Morgan fingerprint density at radius 3 is 2.65 bits per heavy atom. The molecule has 1 heterocycles. The summed E-state index contributed by atoms with van der Waals surface area (Å²) >= 11 is 3.40. The van der Waals surface area contributed by atoms with Crippen LogP contribution in [0.2, 0.25) is 0 Å². The lowest BCUT2D eigenvalue weighted by Gasteiger charge is -2.05. The molecule has 26 heavy (non-hydrogen) atoms. The third-order valence-corrected chi connectivity index (χ3v) is 4.51. The average molecular weight is 416 g/mol. The van der Waals surface area contributed by atoms with E-state index in [4.69, 9.17) is 0 Å². The van der Waals surface area contributed by atoms with Crippen LogP contribution >= 0.6 is 15.9 Å². The number of carbonyl (C=O) groups excluding carboxylic acids is 1. The Kier molecular flexibility index (Phi) is 5.49. The molecule has 7 heteroatoms. The first-order valence-corrected chi connectivity index (χ1v) is 9.01. The number of aliphatic hydroxyl groups excluding tert-OH is 1. The summed E-state index contributed by atoms with van der Waals surface area (Å²) in [6.45, 7) is 2.62. The average Bonchev–Trinajstić information content (AvgIpc) is 2.91. The number of benzene rings is 2. The molecule has 1 aromatic heterocycles. The molecule has 1 atom stereocenters. The fourth-order valence-electron chi connectivity index (χ4n) is 2.78. The van der Waals surface area contributed by atoms with E-state index in [-0.39, 0.29) is 11.6 Å². The third-order valence-electron chi connectivity index (χ3n) is 4.02. The number of aromatic nitrogens is 1. The molecule has 2 aromatic carbocycles. The van der Waals surface area contributed by atoms with Crippen molar-refractivity contribution in [3.63, 3.8) is 0 Å². The van der Waals surface area contributed by atoms with Gasteiger partial charge < -0.3 is 14.8 Å². The van der Waals surface area contributed by atoms with Gasteiger partial charge in [-0.15, -0.1) is 10.2 Å². The van der Waals surface area contributed by atoms with Gasteiger partial charge in [-0.25, -0.2) is 0 Å². The van der Waals surface area contributed by atoms with Crippen molar-refractivity contribution in [2.24, 2.45) is 10.2 Å². The number of halogens is 1. The molecular weight excluding hydrogens is 398 g/mol. The number of aliphatic hydroxyl groups is 1. The number of aromatic hydroxyl groups is 1. The van der Waals surface area contributed by atoms with Crippen molar-refractivity contribution in [2.45, 2.75) is 26.0 Å². The molecule has 1 amide bonds. The minimum atomic E-state index is -1.39. The molecule has 0 unspecified atom stereocenters. The normalized spacial score (nSPS) is 12.7. The van der Waals surface area contributed by atoms with Crippen molar-refractivity contribution in [3.05, 3.63) is 58.6 Å². The van der Waals surface area contributed by atoms with Crippen LogP contribution in [0.3, 0.4) is 0 Å². The lowest BCUT2D eigenvalue weighted by Crippen LogP contribution is -2.08.